The van der Waals surface area contributed by atoms with Crippen LogP contribution in [0.15, 0.2) is 48.6 Å². The Bertz CT molecular complexity index is 1090. The van der Waals surface area contributed by atoms with E-state index < -0.39 is 47.5 Å². The number of hydrogen-bond acceptors (Lipinski definition) is 6. The first-order chi connectivity index (χ1) is 16.3. The van der Waals surface area contributed by atoms with Gasteiger partial charge in [0.25, 0.3) is 5.91 Å². The fraction of sp³-hybridized carbons (Fsp3) is 0.480. The van der Waals surface area contributed by atoms with Crippen molar-refractivity contribution < 1.29 is 29.0 Å². The topological polar surface area (TPSA) is 96.4 Å². The van der Waals surface area contributed by atoms with Gasteiger partial charge in [0.15, 0.2) is 0 Å². The Balaban J connectivity index is 1.68. The summed E-state index contributed by atoms with van der Waals surface area (Å²) in [4.78, 5) is 44.1. The van der Waals surface area contributed by atoms with Gasteiger partial charge in [-0.3, -0.25) is 14.4 Å². The molecule has 4 heterocycles. The number of nitrogens with zero attached hydrogens (tertiary/aromatic N) is 2. The third-order valence-corrected chi connectivity index (χ3v) is 7.63. The van der Waals surface area contributed by atoms with Crippen LogP contribution in [0, 0.1) is 17.8 Å². The molecule has 0 aliphatic carbocycles. The summed E-state index contributed by atoms with van der Waals surface area (Å²) in [5.74, 6) is -3.26. The number of ether oxygens (including phenoxy) is 2. The molecule has 0 saturated carbocycles. The average molecular weight is 487 g/mol. The van der Waals surface area contributed by atoms with E-state index in [1.54, 1.807) is 48.6 Å². The summed E-state index contributed by atoms with van der Waals surface area (Å²) in [5, 5.41) is 10.6. The number of halogens is 1. The molecule has 0 bridgehead atoms. The molecule has 5 rings (SSSR count). The van der Waals surface area contributed by atoms with Crippen molar-refractivity contribution in [3.8, 4) is 0 Å². The summed E-state index contributed by atoms with van der Waals surface area (Å²) in [5.41, 5.74) is -0.856. The minimum absolute atomic E-state index is 0.108. The molecule has 9 heteroatoms. The van der Waals surface area contributed by atoms with Crippen molar-refractivity contribution in [2.75, 3.05) is 24.7 Å². The van der Waals surface area contributed by atoms with E-state index in [9.17, 15) is 19.5 Å². The summed E-state index contributed by atoms with van der Waals surface area (Å²) in [6.45, 7) is 3.76. The van der Waals surface area contributed by atoms with Crippen molar-refractivity contribution in [1.82, 2.24) is 4.90 Å². The fourth-order valence-corrected chi connectivity index (χ4v) is 6.01. The number of cyclic esters (lactones) is 1. The molecule has 4 aliphatic heterocycles. The van der Waals surface area contributed by atoms with Gasteiger partial charge in [-0.25, -0.2) is 0 Å². The molecular formula is C25H27ClN2O6. The number of fused-ring (bicyclic) bond motifs is 2. The summed E-state index contributed by atoms with van der Waals surface area (Å²) < 4.78 is 11.8. The molecule has 1 unspecified atom stereocenters. The van der Waals surface area contributed by atoms with Crippen LogP contribution in [0.2, 0.25) is 5.02 Å². The van der Waals surface area contributed by atoms with E-state index in [0.29, 0.717) is 10.7 Å². The van der Waals surface area contributed by atoms with Crippen molar-refractivity contribution in [2.24, 2.45) is 17.8 Å². The molecular weight excluding hydrogens is 460 g/mol. The van der Waals surface area contributed by atoms with Gasteiger partial charge < -0.3 is 24.4 Å². The molecule has 180 valence electrons. The SMILES string of the molecule is CC(C)[C@H](CO)N1C(=O)[C@@H]2[C@@H]3C(=O)OCC=C[C@@H]3O[C@@]23C=CCN(c2ccccc2Cl)C(=O)C13. The van der Waals surface area contributed by atoms with E-state index in [1.807, 2.05) is 13.8 Å². The standard InChI is InChI=1S/C25H27ClN2O6/c1-14(2)17(13-29)28-21-23(31)27(16-8-4-3-7-15(16)26)11-6-10-25(21)20(22(28)30)19-18(34-25)9-5-12-33-24(19)32/h3-10,14,17-21,29H,11-13H2,1-2H3/t17-,18-,19+,20-,21?,25-/m0/s1. The lowest BCUT2D eigenvalue weighted by Crippen LogP contribution is -2.59. The maximum absolute atomic E-state index is 14.2. The molecule has 0 aromatic heterocycles. The molecule has 6 atom stereocenters. The fourth-order valence-electron chi connectivity index (χ4n) is 5.77. The van der Waals surface area contributed by atoms with E-state index in [2.05, 4.69) is 0 Å². The Labute approximate surface area is 202 Å². The average Bonchev–Trinajstić information content (AvgIpc) is 3.10. The summed E-state index contributed by atoms with van der Waals surface area (Å²) in [6.07, 6.45) is 6.27. The number of para-hydroxylation sites is 1. The number of aliphatic hydroxyl groups excluding tert-OH is 1. The lowest BCUT2D eigenvalue weighted by molar-refractivity contribution is -0.154. The second-order valence-corrected chi connectivity index (χ2v) is 9.85. The number of benzene rings is 1. The van der Waals surface area contributed by atoms with Crippen LogP contribution in [0.25, 0.3) is 0 Å². The molecule has 1 spiro atoms. The van der Waals surface area contributed by atoms with Gasteiger partial charge in [-0.05, 0) is 24.1 Å². The number of carbonyl (C=O) groups excluding carboxylic acids is 3. The van der Waals surface area contributed by atoms with Gasteiger partial charge in [-0.2, -0.15) is 0 Å². The normalized spacial score (nSPS) is 33.4. The van der Waals surface area contributed by atoms with E-state index in [-0.39, 0.29) is 31.6 Å². The Morgan fingerprint density at radius 3 is 2.65 bits per heavy atom. The summed E-state index contributed by atoms with van der Waals surface area (Å²) in [6, 6.07) is 5.30. The van der Waals surface area contributed by atoms with Gasteiger partial charge in [-0.1, -0.05) is 55.8 Å². The lowest BCUT2D eigenvalue weighted by Gasteiger charge is -2.39. The first-order valence-corrected chi connectivity index (χ1v) is 11.9. The van der Waals surface area contributed by atoms with Crippen LogP contribution in [0.1, 0.15) is 13.8 Å². The van der Waals surface area contributed by atoms with Crippen LogP contribution in [0.4, 0.5) is 5.69 Å². The van der Waals surface area contributed by atoms with Crippen molar-refractivity contribution in [3.63, 3.8) is 0 Å². The Morgan fingerprint density at radius 2 is 1.94 bits per heavy atom. The second kappa shape index (κ2) is 8.52. The lowest BCUT2D eigenvalue weighted by atomic mass is 9.78. The minimum atomic E-state index is -1.37. The zero-order valence-corrected chi connectivity index (χ0v) is 19.7. The Morgan fingerprint density at radius 1 is 1.18 bits per heavy atom. The van der Waals surface area contributed by atoms with Crippen molar-refractivity contribution in [2.45, 2.75) is 37.6 Å². The molecule has 2 saturated heterocycles. The third kappa shape index (κ3) is 3.23. The Hall–Kier alpha value is -2.68. The Kier molecular flexibility index (Phi) is 5.78. The van der Waals surface area contributed by atoms with E-state index in [0.717, 1.165) is 0 Å². The predicted octanol–water partition coefficient (Wildman–Crippen LogP) is 1.95. The van der Waals surface area contributed by atoms with Gasteiger partial charge >= 0.3 is 5.97 Å². The first-order valence-electron chi connectivity index (χ1n) is 11.5. The van der Waals surface area contributed by atoms with Crippen LogP contribution in [-0.2, 0) is 23.9 Å². The third-order valence-electron chi connectivity index (χ3n) is 7.31. The first kappa shape index (κ1) is 23.1. The molecule has 8 nitrogen and oxygen atoms in total. The zero-order chi connectivity index (χ0) is 24.2. The summed E-state index contributed by atoms with van der Waals surface area (Å²) >= 11 is 6.43. The molecule has 1 aromatic carbocycles. The number of amides is 2. The smallest absolute Gasteiger partial charge is 0.313 e. The summed E-state index contributed by atoms with van der Waals surface area (Å²) in [7, 11) is 0. The van der Waals surface area contributed by atoms with Gasteiger partial charge in [0.1, 0.15) is 24.2 Å². The van der Waals surface area contributed by atoms with Gasteiger partial charge in [-0.15, -0.1) is 0 Å². The monoisotopic (exact) mass is 486 g/mol. The molecule has 1 N–H and O–H groups in total. The highest BCUT2D eigenvalue weighted by Crippen LogP contribution is 2.54. The van der Waals surface area contributed by atoms with Crippen LogP contribution < -0.4 is 4.90 Å². The highest BCUT2D eigenvalue weighted by molar-refractivity contribution is 6.34. The number of carbonyl (C=O) groups is 3. The largest absolute Gasteiger partial charge is 0.461 e. The molecule has 4 aliphatic rings. The zero-order valence-electron chi connectivity index (χ0n) is 19.0. The molecule has 1 aromatic rings. The highest BCUT2D eigenvalue weighted by Gasteiger charge is 2.72. The number of anilines is 1. The van der Waals surface area contributed by atoms with Crippen LogP contribution in [0.5, 0.6) is 0 Å². The molecule has 2 fully saturated rings. The molecule has 2 amide bonds. The molecule has 34 heavy (non-hydrogen) atoms. The van der Waals surface area contributed by atoms with Gasteiger partial charge in [0.2, 0.25) is 5.91 Å². The maximum Gasteiger partial charge on any atom is 0.313 e. The second-order valence-electron chi connectivity index (χ2n) is 9.44. The van der Waals surface area contributed by atoms with Crippen molar-refractivity contribution >= 4 is 35.1 Å². The van der Waals surface area contributed by atoms with Crippen LogP contribution >= 0.6 is 11.6 Å². The van der Waals surface area contributed by atoms with Crippen molar-refractivity contribution in [3.05, 3.63) is 53.6 Å². The van der Waals surface area contributed by atoms with E-state index in [1.165, 1.54) is 9.80 Å². The van der Waals surface area contributed by atoms with Crippen molar-refractivity contribution in [1.29, 1.82) is 0 Å². The minimum Gasteiger partial charge on any atom is -0.461 e. The number of rotatable bonds is 4. The van der Waals surface area contributed by atoms with Gasteiger partial charge in [0.05, 0.1) is 35.4 Å². The number of esters is 1. The maximum atomic E-state index is 14.2. The quantitative estimate of drug-likeness (QED) is 0.516. The number of aliphatic hydroxyl groups is 1. The van der Waals surface area contributed by atoms with Crippen LogP contribution in [0.3, 0.4) is 0 Å². The number of likely N-dealkylation sites (tertiary alicyclic amines) is 1. The van der Waals surface area contributed by atoms with E-state index >= 15 is 0 Å². The number of hydrogen-bond donors (Lipinski definition) is 1. The molecule has 0 radical (unpaired) electrons. The van der Waals surface area contributed by atoms with Crippen LogP contribution in [-0.4, -0.2) is 71.3 Å². The van der Waals surface area contributed by atoms with Gasteiger partial charge in [0, 0.05) is 6.54 Å². The predicted molar refractivity (Wildman–Crippen MR) is 124 cm³/mol. The highest BCUT2D eigenvalue weighted by atomic mass is 35.5. The van der Waals surface area contributed by atoms with E-state index in [4.69, 9.17) is 21.1 Å².